The molecule has 0 bridgehead atoms. The van der Waals surface area contributed by atoms with Gasteiger partial charge in [-0.05, 0) is 143 Å². The van der Waals surface area contributed by atoms with Crippen LogP contribution in [0.3, 0.4) is 0 Å². The van der Waals surface area contributed by atoms with Crippen molar-refractivity contribution in [2.45, 2.75) is 66.2 Å². The van der Waals surface area contributed by atoms with E-state index in [9.17, 15) is 0 Å². The van der Waals surface area contributed by atoms with E-state index in [4.69, 9.17) is 0 Å². The summed E-state index contributed by atoms with van der Waals surface area (Å²) in [6.07, 6.45) is 1.97. The summed E-state index contributed by atoms with van der Waals surface area (Å²) in [6, 6.07) is 87.3. The molecule has 0 atom stereocenters. The molecule has 0 radical (unpaired) electrons. The lowest BCUT2D eigenvalue weighted by atomic mass is 9.94. The van der Waals surface area contributed by atoms with Gasteiger partial charge in [-0.1, -0.05) is 187 Å². The molecule has 80 heavy (non-hydrogen) atoms. The van der Waals surface area contributed by atoms with Gasteiger partial charge in [0.15, 0.2) is 0 Å². The number of aromatic nitrogens is 2. The van der Waals surface area contributed by atoms with E-state index in [0.717, 1.165) is 47.0 Å². The summed E-state index contributed by atoms with van der Waals surface area (Å²) >= 11 is 0. The third-order valence-corrected chi connectivity index (χ3v) is 17.5. The highest BCUT2D eigenvalue weighted by molar-refractivity contribution is 6.32. The number of para-hydroxylation sites is 2. The maximum absolute atomic E-state index is 2.57. The fourth-order valence-corrected chi connectivity index (χ4v) is 13.3. The predicted molar refractivity (Wildman–Crippen MR) is 343 cm³/mol. The Kier molecular flexibility index (Phi) is 11.1. The van der Waals surface area contributed by atoms with Crippen molar-refractivity contribution in [1.82, 2.24) is 8.80 Å². The van der Waals surface area contributed by atoms with Gasteiger partial charge < -0.3 is 18.6 Å². The average Bonchev–Trinajstić information content (AvgIpc) is 4.44. The molecular formula is C76H62N4. The van der Waals surface area contributed by atoms with E-state index in [0.29, 0.717) is 11.8 Å². The number of anilines is 6. The first-order valence-electron chi connectivity index (χ1n) is 28.8. The van der Waals surface area contributed by atoms with Crippen LogP contribution in [0.15, 0.2) is 231 Å². The molecule has 11 aromatic carbocycles. The van der Waals surface area contributed by atoms with E-state index in [1.807, 2.05) is 0 Å². The first-order valence-corrected chi connectivity index (χ1v) is 28.8. The third kappa shape index (κ3) is 7.21. The quantitative estimate of drug-likeness (QED) is 0.121. The summed E-state index contributed by atoms with van der Waals surface area (Å²) in [5.74, 6) is 0.769. The number of nitrogens with zero attached hydrogens (tertiary/aromatic N) is 4. The van der Waals surface area contributed by atoms with Gasteiger partial charge >= 0.3 is 0 Å². The Bertz CT molecular complexity index is 4520. The zero-order chi connectivity index (χ0) is 53.9. The molecule has 0 aliphatic carbocycles. The number of hydrogen-bond acceptors (Lipinski definition) is 2. The van der Waals surface area contributed by atoms with Crippen LogP contribution in [0.1, 0.15) is 75.6 Å². The molecule has 15 aromatic rings. The fourth-order valence-electron chi connectivity index (χ4n) is 13.3. The van der Waals surface area contributed by atoms with E-state index in [1.165, 1.54) is 121 Å². The van der Waals surface area contributed by atoms with Crippen molar-refractivity contribution >= 4 is 110 Å². The van der Waals surface area contributed by atoms with E-state index in [2.05, 4.69) is 291 Å². The minimum Gasteiger partial charge on any atom is -0.309 e. The monoisotopic (exact) mass is 1030 g/mol. The van der Waals surface area contributed by atoms with Gasteiger partial charge in [0.25, 0.3) is 0 Å². The van der Waals surface area contributed by atoms with Gasteiger partial charge in [-0.25, -0.2) is 0 Å². The number of aryl methyl sites for hydroxylation is 2. The van der Waals surface area contributed by atoms with Gasteiger partial charge in [-0.3, -0.25) is 0 Å². The lowest BCUT2D eigenvalue weighted by Gasteiger charge is -2.29. The molecule has 0 fully saturated rings. The van der Waals surface area contributed by atoms with E-state index in [-0.39, 0.29) is 0 Å². The third-order valence-electron chi connectivity index (χ3n) is 17.5. The number of benzene rings is 11. The molecule has 0 amide bonds. The van der Waals surface area contributed by atoms with Crippen LogP contribution in [-0.4, -0.2) is 8.80 Å². The van der Waals surface area contributed by atoms with Crippen molar-refractivity contribution < 1.29 is 0 Å². The number of fused-ring (bicyclic) bond motifs is 12. The Morgan fingerprint density at radius 2 is 0.700 bits per heavy atom. The van der Waals surface area contributed by atoms with Gasteiger partial charge in [0.05, 0.1) is 55.8 Å². The molecule has 4 aromatic heterocycles. The maximum Gasteiger partial charge on any atom is 0.0641 e. The fraction of sp³-hybridized carbons (Fsp3) is 0.132. The van der Waals surface area contributed by atoms with Crippen LogP contribution in [0.25, 0.3) is 98.4 Å². The molecule has 0 saturated heterocycles. The van der Waals surface area contributed by atoms with Crippen LogP contribution >= 0.6 is 0 Å². The van der Waals surface area contributed by atoms with Crippen LogP contribution < -0.4 is 9.80 Å². The molecule has 0 aliphatic heterocycles. The summed E-state index contributed by atoms with van der Waals surface area (Å²) in [6.45, 7) is 13.6. The zero-order valence-corrected chi connectivity index (χ0v) is 46.3. The van der Waals surface area contributed by atoms with E-state index < -0.39 is 0 Å². The van der Waals surface area contributed by atoms with E-state index >= 15 is 0 Å². The standard InChI is InChI=1S/C76H62N4/c1-7-49-27-33-55(34-28-49)77(67-39-31-53(47(3)4)43-61(67)51-19-11-9-12-20-51)69-41-37-57-63-45-72-64(46-71(63)79-65-25-17-15-23-59(65)73(69)75(57)79)58-38-42-70(74-60-24-16-18-26-66(60)80(72)76(58)74)78(56-35-29-50(8-2)30-36-56)68-40-32-54(48(5)6)44-62(68)52-21-13-10-14-22-52/h9-48H,7-8H2,1-6H3. The lowest BCUT2D eigenvalue weighted by Crippen LogP contribution is -2.12. The van der Waals surface area contributed by atoms with Gasteiger partial charge in [0.2, 0.25) is 0 Å². The molecule has 15 rings (SSSR count). The van der Waals surface area contributed by atoms with Crippen molar-refractivity contribution in [3.8, 4) is 22.3 Å². The smallest absolute Gasteiger partial charge is 0.0641 e. The topological polar surface area (TPSA) is 15.3 Å². The number of rotatable bonds is 12. The van der Waals surface area contributed by atoms with E-state index in [1.54, 1.807) is 0 Å². The van der Waals surface area contributed by atoms with Crippen molar-refractivity contribution in [3.63, 3.8) is 0 Å². The van der Waals surface area contributed by atoms with Crippen LogP contribution in [0.5, 0.6) is 0 Å². The minimum atomic E-state index is 0.385. The summed E-state index contributed by atoms with van der Waals surface area (Å²) in [5, 5.41) is 10.00. The Morgan fingerprint density at radius 3 is 1.09 bits per heavy atom. The highest BCUT2D eigenvalue weighted by Gasteiger charge is 2.30. The van der Waals surface area contributed by atoms with Crippen molar-refractivity contribution in [2.75, 3.05) is 9.80 Å². The molecule has 0 aliphatic rings. The molecule has 0 N–H and O–H groups in total. The SMILES string of the molecule is CCc1ccc(N(c2ccc(C(C)C)cc2-c2ccccc2)c2ccc3c4cc5c(cc4n4c6ccccc6c2c34)c2ccc(N(c3ccc(CC)cc3)c3ccc(C(C)C)cc3-c3ccccc3)c3c4ccccc4n5c23)cc1. The van der Waals surface area contributed by atoms with Crippen LogP contribution in [0, 0.1) is 0 Å². The zero-order valence-electron chi connectivity index (χ0n) is 46.3. The van der Waals surface area contributed by atoms with Gasteiger partial charge in [-0.2, -0.15) is 0 Å². The maximum atomic E-state index is 2.57. The highest BCUT2D eigenvalue weighted by Crippen LogP contribution is 2.53. The van der Waals surface area contributed by atoms with Gasteiger partial charge in [0.1, 0.15) is 0 Å². The second-order valence-electron chi connectivity index (χ2n) is 22.6. The first-order chi connectivity index (χ1) is 39.3. The van der Waals surface area contributed by atoms with Gasteiger partial charge in [0, 0.05) is 65.6 Å². The van der Waals surface area contributed by atoms with Crippen molar-refractivity contribution in [3.05, 3.63) is 253 Å². The summed E-state index contributed by atoms with van der Waals surface area (Å²) in [4.78, 5) is 5.06. The second-order valence-corrected chi connectivity index (χ2v) is 22.6. The number of hydrogen-bond donors (Lipinski definition) is 0. The van der Waals surface area contributed by atoms with Gasteiger partial charge in [-0.15, -0.1) is 0 Å². The molecule has 4 nitrogen and oxygen atoms in total. The van der Waals surface area contributed by atoms with Crippen molar-refractivity contribution in [1.29, 1.82) is 0 Å². The van der Waals surface area contributed by atoms with Crippen LogP contribution in [0.4, 0.5) is 34.1 Å². The molecule has 4 heterocycles. The average molecular weight is 1030 g/mol. The molecule has 0 spiro atoms. The Balaban J connectivity index is 1.00. The van der Waals surface area contributed by atoms with Crippen LogP contribution in [-0.2, 0) is 12.8 Å². The lowest BCUT2D eigenvalue weighted by molar-refractivity contribution is 0.867. The van der Waals surface area contributed by atoms with Crippen molar-refractivity contribution in [2.24, 2.45) is 0 Å². The molecule has 0 saturated carbocycles. The Labute approximate surface area is 467 Å². The molecule has 0 unspecified atom stereocenters. The predicted octanol–water partition coefficient (Wildman–Crippen LogP) is 21.6. The summed E-state index contributed by atoms with van der Waals surface area (Å²) < 4.78 is 5.14. The minimum absolute atomic E-state index is 0.385. The first kappa shape index (κ1) is 47.8. The second kappa shape index (κ2) is 18.6. The molecular weight excluding hydrogens is 969 g/mol. The molecule has 386 valence electrons. The summed E-state index contributed by atoms with van der Waals surface area (Å²) in [7, 11) is 0. The Morgan fingerprint density at radius 1 is 0.325 bits per heavy atom. The normalized spacial score (nSPS) is 12.2. The van der Waals surface area contributed by atoms with Crippen LogP contribution in [0.2, 0.25) is 0 Å². The molecule has 4 heteroatoms. The largest absolute Gasteiger partial charge is 0.309 e. The Hall–Kier alpha value is -9.38. The summed E-state index contributed by atoms with van der Waals surface area (Å²) in [5.41, 5.74) is 24.4. The highest BCUT2D eigenvalue weighted by atomic mass is 15.2.